The predicted octanol–water partition coefficient (Wildman–Crippen LogP) is 6.12. The van der Waals surface area contributed by atoms with Crippen LogP contribution in [0.15, 0.2) is 66.7 Å². The Bertz CT molecular complexity index is 1110. The van der Waals surface area contributed by atoms with Crippen molar-refractivity contribution in [3.05, 3.63) is 98.5 Å². The van der Waals surface area contributed by atoms with Gasteiger partial charge < -0.3 is 10.0 Å². The first-order valence-corrected chi connectivity index (χ1v) is 11.5. The number of halogens is 3. The van der Waals surface area contributed by atoms with Crippen molar-refractivity contribution >= 4 is 40.5 Å². The van der Waals surface area contributed by atoms with Crippen molar-refractivity contribution in [3.63, 3.8) is 0 Å². The first-order valence-electron chi connectivity index (χ1n) is 10.3. The van der Waals surface area contributed by atoms with Gasteiger partial charge in [-0.3, -0.25) is 4.90 Å². The van der Waals surface area contributed by atoms with Crippen molar-refractivity contribution in [1.82, 2.24) is 4.90 Å². The topological polar surface area (TPSA) is 50.5 Å². The summed E-state index contributed by atoms with van der Waals surface area (Å²) in [6, 6.07) is 22.8. The highest BCUT2D eigenvalue weighted by atomic mass is 35.5. The van der Waals surface area contributed by atoms with Crippen molar-refractivity contribution in [2.24, 2.45) is 0 Å². The lowest BCUT2D eigenvalue weighted by Gasteiger charge is -2.46. The van der Waals surface area contributed by atoms with Crippen molar-refractivity contribution in [2.75, 3.05) is 31.1 Å². The third-order valence-electron chi connectivity index (χ3n) is 5.92. The Labute approximate surface area is 203 Å². The highest BCUT2D eigenvalue weighted by molar-refractivity contribution is 6.36. The molecule has 1 N–H and O–H groups in total. The molecule has 32 heavy (non-hydrogen) atoms. The Balaban J connectivity index is 1.67. The van der Waals surface area contributed by atoms with Gasteiger partial charge in [0.25, 0.3) is 0 Å². The number of hydrogen-bond donors (Lipinski definition) is 1. The van der Waals surface area contributed by atoms with Gasteiger partial charge in [-0.15, -0.1) is 0 Å². The van der Waals surface area contributed by atoms with E-state index in [0.717, 1.165) is 29.9 Å². The lowest BCUT2D eigenvalue weighted by Crippen LogP contribution is -2.50. The lowest BCUT2D eigenvalue weighted by atomic mass is 9.97. The van der Waals surface area contributed by atoms with Crippen molar-refractivity contribution in [2.45, 2.75) is 12.1 Å². The van der Waals surface area contributed by atoms with Crippen LogP contribution in [0, 0.1) is 11.3 Å². The molecule has 1 heterocycles. The number of rotatable bonds is 5. The summed E-state index contributed by atoms with van der Waals surface area (Å²) in [4.78, 5) is 4.56. The van der Waals surface area contributed by atoms with E-state index in [1.807, 2.05) is 48.5 Å². The summed E-state index contributed by atoms with van der Waals surface area (Å²) in [6.07, 6.45) is 0. The molecule has 164 valence electrons. The molecule has 4 nitrogen and oxygen atoms in total. The molecule has 0 bridgehead atoms. The lowest BCUT2D eigenvalue weighted by molar-refractivity contribution is 0.103. The Morgan fingerprint density at radius 2 is 1.62 bits per heavy atom. The first-order chi connectivity index (χ1) is 15.5. The van der Waals surface area contributed by atoms with E-state index in [1.165, 1.54) is 0 Å². The van der Waals surface area contributed by atoms with E-state index in [1.54, 1.807) is 18.2 Å². The number of nitrogens with zero attached hydrogens (tertiary/aromatic N) is 3. The van der Waals surface area contributed by atoms with Crippen molar-refractivity contribution in [1.29, 1.82) is 5.26 Å². The van der Waals surface area contributed by atoms with Crippen LogP contribution < -0.4 is 4.90 Å². The van der Waals surface area contributed by atoms with Gasteiger partial charge in [0.15, 0.2) is 0 Å². The largest absolute Gasteiger partial charge is 0.394 e. The van der Waals surface area contributed by atoms with Gasteiger partial charge in [-0.1, -0.05) is 59.1 Å². The fourth-order valence-electron chi connectivity index (χ4n) is 4.27. The minimum atomic E-state index is -0.166. The van der Waals surface area contributed by atoms with Crippen LogP contribution in [0.2, 0.25) is 15.1 Å². The number of aliphatic hydroxyl groups excluding tert-OH is 1. The molecule has 7 heteroatoms. The van der Waals surface area contributed by atoms with Crippen molar-refractivity contribution in [3.8, 4) is 6.07 Å². The van der Waals surface area contributed by atoms with E-state index in [4.69, 9.17) is 40.1 Å². The van der Waals surface area contributed by atoms with Gasteiger partial charge in [-0.05, 0) is 53.6 Å². The number of benzene rings is 3. The Kier molecular flexibility index (Phi) is 7.25. The zero-order chi connectivity index (χ0) is 22.7. The highest BCUT2D eigenvalue weighted by Gasteiger charge is 2.33. The highest BCUT2D eigenvalue weighted by Crippen LogP contribution is 2.38. The van der Waals surface area contributed by atoms with Crippen LogP contribution in [-0.2, 0) is 0 Å². The minimum absolute atomic E-state index is 0.00660. The van der Waals surface area contributed by atoms with E-state index in [9.17, 15) is 5.11 Å². The number of piperazine rings is 1. The average Bonchev–Trinajstić information content (AvgIpc) is 2.81. The van der Waals surface area contributed by atoms with Gasteiger partial charge in [-0.25, -0.2) is 0 Å². The first kappa shape index (κ1) is 22.9. The third kappa shape index (κ3) is 4.88. The van der Waals surface area contributed by atoms with E-state index >= 15 is 0 Å². The Morgan fingerprint density at radius 3 is 2.25 bits per heavy atom. The molecule has 1 saturated heterocycles. The summed E-state index contributed by atoms with van der Waals surface area (Å²) < 4.78 is 0. The maximum Gasteiger partial charge on any atom is 0.0991 e. The second-order valence-electron chi connectivity index (χ2n) is 7.78. The summed E-state index contributed by atoms with van der Waals surface area (Å²) in [5.41, 5.74) is 3.63. The van der Waals surface area contributed by atoms with Crippen LogP contribution in [-0.4, -0.2) is 36.2 Å². The van der Waals surface area contributed by atoms with Gasteiger partial charge in [0.1, 0.15) is 0 Å². The van der Waals surface area contributed by atoms with Gasteiger partial charge in [-0.2, -0.15) is 5.26 Å². The molecule has 0 radical (unpaired) electrons. The molecule has 3 aromatic carbocycles. The summed E-state index contributed by atoms with van der Waals surface area (Å²) >= 11 is 18.8. The van der Waals surface area contributed by atoms with Gasteiger partial charge in [0.05, 0.1) is 41.0 Å². The second-order valence-corrected chi connectivity index (χ2v) is 9.06. The normalized spacial score (nSPS) is 17.7. The second kappa shape index (κ2) is 10.1. The molecular weight excluding hydrogens is 465 g/mol. The fraction of sp³-hybridized carbons (Fsp3) is 0.240. The summed E-state index contributed by atoms with van der Waals surface area (Å²) in [5, 5.41) is 21.2. The molecule has 1 aliphatic rings. The third-order valence-corrected chi connectivity index (χ3v) is 6.71. The predicted molar refractivity (Wildman–Crippen MR) is 131 cm³/mol. The summed E-state index contributed by atoms with van der Waals surface area (Å²) in [6.45, 7) is 2.14. The van der Waals surface area contributed by atoms with E-state index in [2.05, 4.69) is 15.9 Å². The monoisotopic (exact) mass is 485 g/mol. The van der Waals surface area contributed by atoms with Gasteiger partial charge >= 0.3 is 0 Å². The van der Waals surface area contributed by atoms with Crippen LogP contribution in [0.25, 0.3) is 0 Å². The molecular formula is C25H22Cl3N3O. The maximum atomic E-state index is 10.2. The van der Waals surface area contributed by atoms with E-state index < -0.39 is 0 Å². The number of nitriles is 1. The molecule has 0 aliphatic carbocycles. The number of anilines is 1. The molecule has 0 aromatic heterocycles. The zero-order valence-electron chi connectivity index (χ0n) is 17.3. The van der Waals surface area contributed by atoms with Gasteiger partial charge in [0.2, 0.25) is 0 Å². The average molecular weight is 487 g/mol. The molecule has 0 saturated carbocycles. The molecule has 1 aliphatic heterocycles. The van der Waals surface area contributed by atoms with Crippen LogP contribution in [0.4, 0.5) is 5.69 Å². The maximum absolute atomic E-state index is 10.2. The molecule has 4 rings (SSSR count). The van der Waals surface area contributed by atoms with Crippen LogP contribution in [0.1, 0.15) is 28.8 Å². The molecule has 2 atom stereocenters. The minimum Gasteiger partial charge on any atom is -0.394 e. The van der Waals surface area contributed by atoms with Crippen LogP contribution in [0.3, 0.4) is 0 Å². The Hall–Kier alpha value is -2.26. The molecule has 0 unspecified atom stereocenters. The van der Waals surface area contributed by atoms with Gasteiger partial charge in [0, 0.05) is 29.7 Å². The Morgan fingerprint density at radius 1 is 0.938 bits per heavy atom. The van der Waals surface area contributed by atoms with Crippen LogP contribution in [0.5, 0.6) is 0 Å². The van der Waals surface area contributed by atoms with E-state index in [-0.39, 0.29) is 18.7 Å². The van der Waals surface area contributed by atoms with Crippen molar-refractivity contribution < 1.29 is 5.11 Å². The zero-order valence-corrected chi connectivity index (χ0v) is 19.5. The molecule has 1 fully saturated rings. The molecule has 3 aromatic rings. The summed E-state index contributed by atoms with van der Waals surface area (Å²) in [5.74, 6) is 0. The van der Waals surface area contributed by atoms with E-state index in [0.29, 0.717) is 27.2 Å². The SMILES string of the molecule is N#Cc1ccc([C@@H](CO)N2CCN(c3ccc(Cl)cc3Cl)[C@H](c3ccc(Cl)cc3)C2)cc1. The quantitative estimate of drug-likeness (QED) is 0.472. The number of hydrogen-bond acceptors (Lipinski definition) is 4. The molecule has 0 amide bonds. The number of aliphatic hydroxyl groups is 1. The standard InChI is InChI=1S/C25H22Cl3N3O/c26-20-7-5-18(6-8-20)24-15-30(25(16-32)19-3-1-17(14-29)2-4-19)11-12-31(24)23-10-9-21(27)13-22(23)28/h1-10,13,24-25,32H,11-12,15-16H2/t24-,25+/m0/s1. The smallest absolute Gasteiger partial charge is 0.0991 e. The summed E-state index contributed by atoms with van der Waals surface area (Å²) in [7, 11) is 0. The fourth-order valence-corrected chi connectivity index (χ4v) is 4.91. The molecule has 0 spiro atoms. The van der Waals surface area contributed by atoms with Crippen LogP contribution >= 0.6 is 34.8 Å².